The van der Waals surface area contributed by atoms with E-state index < -0.39 is 17.5 Å². The summed E-state index contributed by atoms with van der Waals surface area (Å²) in [5.41, 5.74) is 5.53. The molecule has 8 heteroatoms. The molecule has 2 heterocycles. The van der Waals surface area contributed by atoms with Crippen molar-refractivity contribution >= 4 is 29.1 Å². The first-order chi connectivity index (χ1) is 18.6. The Morgan fingerprint density at radius 3 is 2.41 bits per heavy atom. The van der Waals surface area contributed by atoms with Crippen LogP contribution in [-0.2, 0) is 27.3 Å². The van der Waals surface area contributed by atoms with E-state index in [0.717, 1.165) is 33.7 Å². The minimum absolute atomic E-state index is 0.161. The molecule has 1 aromatic heterocycles. The summed E-state index contributed by atoms with van der Waals surface area (Å²) >= 11 is 1.61. The molecule has 4 rings (SSSR count). The molecule has 39 heavy (non-hydrogen) atoms. The number of nitrogens with one attached hydrogen (secondary N) is 2. The van der Waals surface area contributed by atoms with Gasteiger partial charge >= 0.3 is 0 Å². The van der Waals surface area contributed by atoms with Gasteiger partial charge in [0.1, 0.15) is 12.1 Å². The van der Waals surface area contributed by atoms with Crippen LogP contribution in [-0.4, -0.2) is 46.2 Å². The van der Waals surface area contributed by atoms with Crippen molar-refractivity contribution in [3.8, 4) is 10.4 Å². The Bertz CT molecular complexity index is 1280. The van der Waals surface area contributed by atoms with Crippen LogP contribution >= 0.6 is 11.3 Å². The first-order valence-corrected chi connectivity index (χ1v) is 14.4. The van der Waals surface area contributed by atoms with E-state index in [1.807, 2.05) is 87.8 Å². The van der Waals surface area contributed by atoms with Crippen LogP contribution in [0.25, 0.3) is 10.4 Å². The van der Waals surface area contributed by atoms with Gasteiger partial charge in [-0.3, -0.25) is 14.4 Å². The number of rotatable bonds is 9. The highest BCUT2D eigenvalue weighted by Gasteiger charge is 2.41. The minimum Gasteiger partial charge on any atom is -0.350 e. The summed E-state index contributed by atoms with van der Waals surface area (Å²) in [6, 6.07) is 16.7. The topological polar surface area (TPSA) is 91.4 Å². The molecule has 0 bridgehead atoms. The van der Waals surface area contributed by atoms with Crippen LogP contribution in [0.3, 0.4) is 0 Å². The molecule has 1 aliphatic rings. The van der Waals surface area contributed by atoms with Crippen LogP contribution in [0, 0.1) is 12.3 Å². The average molecular weight is 547 g/mol. The normalized spacial score (nSPS) is 16.1. The maximum absolute atomic E-state index is 13.7. The molecule has 7 nitrogen and oxygen atoms in total. The van der Waals surface area contributed by atoms with Gasteiger partial charge in [-0.1, -0.05) is 75.4 Å². The third kappa shape index (κ3) is 7.32. The average Bonchev–Trinajstić information content (AvgIpc) is 3.58. The summed E-state index contributed by atoms with van der Waals surface area (Å²) in [6.07, 6.45) is 2.28. The molecule has 1 fully saturated rings. The maximum atomic E-state index is 13.7. The molecule has 2 unspecified atom stereocenters. The van der Waals surface area contributed by atoms with E-state index in [1.54, 1.807) is 16.2 Å². The van der Waals surface area contributed by atoms with Crippen LogP contribution in [0.4, 0.5) is 0 Å². The molecule has 0 spiro atoms. The Morgan fingerprint density at radius 2 is 1.77 bits per heavy atom. The van der Waals surface area contributed by atoms with Gasteiger partial charge in [0, 0.05) is 19.5 Å². The highest BCUT2D eigenvalue weighted by molar-refractivity contribution is 7.13. The Labute approximate surface area is 235 Å². The van der Waals surface area contributed by atoms with Crippen molar-refractivity contribution < 1.29 is 14.4 Å². The number of benzene rings is 2. The summed E-state index contributed by atoms with van der Waals surface area (Å²) in [4.78, 5) is 46.8. The van der Waals surface area contributed by atoms with Crippen LogP contribution in [0.1, 0.15) is 56.9 Å². The summed E-state index contributed by atoms with van der Waals surface area (Å²) in [5, 5.41) is 5.99. The zero-order valence-electron chi connectivity index (χ0n) is 23.2. The summed E-state index contributed by atoms with van der Waals surface area (Å²) in [5.74, 6) is -0.520. The molecule has 1 aliphatic heterocycles. The van der Waals surface area contributed by atoms with E-state index >= 15 is 0 Å². The third-order valence-corrected chi connectivity index (χ3v) is 8.15. The standard InChI is InChI=1S/C31H38N4O3S/c1-21-27(39-20-33-21)24-15-12-23(13-16-24)19-32-29(37)25-11-8-18-35(25)30(38)28(31(2,3)4)34-26(36)17-14-22-9-6-5-7-10-22/h5-7,9-10,12-13,15-16,20,25,28H,8,11,14,17-19H2,1-4H3,(H,32,37)(H,34,36). The van der Waals surface area contributed by atoms with Crippen LogP contribution in [0.15, 0.2) is 60.1 Å². The van der Waals surface area contributed by atoms with E-state index in [0.29, 0.717) is 32.4 Å². The van der Waals surface area contributed by atoms with Crippen molar-refractivity contribution in [3.05, 3.63) is 76.9 Å². The first-order valence-electron chi connectivity index (χ1n) is 13.5. The number of amides is 3. The Hall–Kier alpha value is -3.52. The fourth-order valence-corrected chi connectivity index (χ4v) is 5.72. The lowest BCUT2D eigenvalue weighted by Crippen LogP contribution is -2.57. The van der Waals surface area contributed by atoms with Crippen LogP contribution < -0.4 is 10.6 Å². The number of aryl methyl sites for hydroxylation is 2. The minimum atomic E-state index is -0.711. The Morgan fingerprint density at radius 1 is 1.05 bits per heavy atom. The molecule has 3 amide bonds. The Balaban J connectivity index is 1.35. The number of carbonyl (C=O) groups excluding carboxylic acids is 3. The fraction of sp³-hybridized carbons (Fsp3) is 0.419. The van der Waals surface area contributed by atoms with E-state index in [2.05, 4.69) is 15.6 Å². The number of hydrogen-bond acceptors (Lipinski definition) is 5. The molecule has 1 saturated heterocycles. The smallest absolute Gasteiger partial charge is 0.246 e. The van der Waals surface area contributed by atoms with Gasteiger partial charge in [0.05, 0.1) is 16.1 Å². The number of carbonyl (C=O) groups is 3. The zero-order valence-corrected chi connectivity index (χ0v) is 24.0. The van der Waals surface area contributed by atoms with Crippen molar-refractivity contribution in [1.82, 2.24) is 20.5 Å². The second-order valence-electron chi connectivity index (χ2n) is 11.2. The van der Waals surface area contributed by atoms with Crippen molar-refractivity contribution in [2.75, 3.05) is 6.54 Å². The van der Waals surface area contributed by atoms with Crippen molar-refractivity contribution in [3.63, 3.8) is 0 Å². The molecule has 0 radical (unpaired) electrons. The number of aromatic nitrogens is 1. The monoisotopic (exact) mass is 546 g/mol. The number of thiazole rings is 1. The molecule has 0 saturated carbocycles. The predicted molar refractivity (Wildman–Crippen MR) is 155 cm³/mol. The SMILES string of the molecule is Cc1ncsc1-c1ccc(CNC(=O)C2CCCN2C(=O)C(NC(=O)CCc2ccccc2)C(C)(C)C)cc1. The second-order valence-corrected chi connectivity index (χ2v) is 12.1. The van der Waals surface area contributed by atoms with E-state index in [1.165, 1.54) is 0 Å². The molecule has 2 N–H and O–H groups in total. The zero-order chi connectivity index (χ0) is 28.0. The fourth-order valence-electron chi connectivity index (χ4n) is 4.91. The van der Waals surface area contributed by atoms with E-state index in [-0.39, 0.29) is 17.7 Å². The summed E-state index contributed by atoms with van der Waals surface area (Å²) in [7, 11) is 0. The lowest BCUT2D eigenvalue weighted by molar-refractivity contribution is -0.143. The first kappa shape index (κ1) is 28.5. The van der Waals surface area contributed by atoms with Gasteiger partial charge in [0.2, 0.25) is 17.7 Å². The van der Waals surface area contributed by atoms with Crippen molar-refractivity contribution in [2.24, 2.45) is 5.41 Å². The molecular weight excluding hydrogens is 508 g/mol. The number of likely N-dealkylation sites (tertiary alicyclic amines) is 1. The van der Waals surface area contributed by atoms with Crippen molar-refractivity contribution in [2.45, 2.75) is 72.0 Å². The predicted octanol–water partition coefficient (Wildman–Crippen LogP) is 4.89. The largest absolute Gasteiger partial charge is 0.350 e. The summed E-state index contributed by atoms with van der Waals surface area (Å²) < 4.78 is 0. The van der Waals surface area contributed by atoms with Gasteiger partial charge in [-0.15, -0.1) is 11.3 Å². The molecular formula is C31H38N4O3S. The molecule has 2 aromatic carbocycles. The third-order valence-electron chi connectivity index (χ3n) is 7.17. The van der Waals surface area contributed by atoms with Crippen LogP contribution in [0.5, 0.6) is 0 Å². The number of hydrogen-bond donors (Lipinski definition) is 2. The highest BCUT2D eigenvalue weighted by Crippen LogP contribution is 2.28. The highest BCUT2D eigenvalue weighted by atomic mass is 32.1. The summed E-state index contributed by atoms with van der Waals surface area (Å²) in [6.45, 7) is 8.71. The van der Waals surface area contributed by atoms with Gasteiger partial charge in [-0.25, -0.2) is 4.98 Å². The van der Waals surface area contributed by atoms with Gasteiger partial charge in [-0.2, -0.15) is 0 Å². The maximum Gasteiger partial charge on any atom is 0.246 e. The molecule has 0 aliphatic carbocycles. The van der Waals surface area contributed by atoms with Gasteiger partial charge in [0.15, 0.2) is 0 Å². The van der Waals surface area contributed by atoms with Gasteiger partial charge < -0.3 is 15.5 Å². The van der Waals surface area contributed by atoms with Crippen LogP contribution in [0.2, 0.25) is 0 Å². The Kier molecular flexibility index (Phi) is 9.17. The van der Waals surface area contributed by atoms with E-state index in [4.69, 9.17) is 0 Å². The van der Waals surface area contributed by atoms with Crippen molar-refractivity contribution in [1.29, 1.82) is 0 Å². The van der Waals surface area contributed by atoms with E-state index in [9.17, 15) is 14.4 Å². The van der Waals surface area contributed by atoms with Gasteiger partial charge in [-0.05, 0) is 48.3 Å². The quantitative estimate of drug-likeness (QED) is 0.400. The van der Waals surface area contributed by atoms with Gasteiger partial charge in [0.25, 0.3) is 0 Å². The molecule has 2 atom stereocenters. The molecule has 206 valence electrons. The lowest BCUT2D eigenvalue weighted by Gasteiger charge is -2.35. The lowest BCUT2D eigenvalue weighted by atomic mass is 9.85. The molecule has 3 aromatic rings. The number of nitrogens with zero attached hydrogens (tertiary/aromatic N) is 2. The second kappa shape index (κ2) is 12.6.